The number of nitrogens with one attached hydrogen (secondary N) is 2. The van der Waals surface area contributed by atoms with Crippen molar-refractivity contribution in [2.24, 2.45) is 5.92 Å². The molecule has 1 saturated heterocycles. The number of amides is 3. The first-order chi connectivity index (χ1) is 11.1. The molecule has 126 valence electrons. The van der Waals surface area contributed by atoms with E-state index < -0.39 is 0 Å². The number of rotatable bonds is 5. The van der Waals surface area contributed by atoms with Crippen LogP contribution in [-0.2, 0) is 4.79 Å². The monoisotopic (exact) mass is 318 g/mol. The minimum atomic E-state index is -0.0525. The molecule has 0 radical (unpaired) electrons. The lowest BCUT2D eigenvalue weighted by Gasteiger charge is -2.31. The topological polar surface area (TPSA) is 74.3 Å². The third-order valence-electron chi connectivity index (χ3n) is 4.11. The molecule has 1 aromatic rings. The van der Waals surface area contributed by atoms with E-state index in [4.69, 9.17) is 0 Å². The molecule has 6 nitrogen and oxygen atoms in total. The van der Waals surface area contributed by atoms with Crippen molar-refractivity contribution in [3.05, 3.63) is 30.1 Å². The molecule has 6 heteroatoms. The van der Waals surface area contributed by atoms with Crippen LogP contribution < -0.4 is 10.6 Å². The normalized spacial score (nSPS) is 15.5. The summed E-state index contributed by atoms with van der Waals surface area (Å²) in [6.45, 7) is 6.10. The second-order valence-electron chi connectivity index (χ2n) is 6.19. The highest BCUT2D eigenvalue weighted by Gasteiger charge is 2.24. The Morgan fingerprint density at radius 1 is 1.22 bits per heavy atom. The van der Waals surface area contributed by atoms with Crippen LogP contribution in [-0.4, -0.2) is 48.0 Å². The standard InChI is InChI=1S/C17H26N4O2/c1-13(2)16(22)19-9-10-20-17(23)21-11-6-14(7-12-21)15-5-3-4-8-18-15/h3-5,8,13-14H,6-7,9-12H2,1-2H3,(H,19,22)(H,20,23). The van der Waals surface area contributed by atoms with Gasteiger partial charge in [0.1, 0.15) is 0 Å². The molecule has 2 heterocycles. The summed E-state index contributed by atoms with van der Waals surface area (Å²) in [6.07, 6.45) is 3.70. The molecule has 1 fully saturated rings. The van der Waals surface area contributed by atoms with Crippen LogP contribution in [0.2, 0.25) is 0 Å². The van der Waals surface area contributed by atoms with Crippen molar-refractivity contribution in [2.45, 2.75) is 32.6 Å². The Kier molecular flexibility index (Phi) is 6.38. The summed E-state index contributed by atoms with van der Waals surface area (Å²) in [5.41, 5.74) is 1.11. The lowest BCUT2D eigenvalue weighted by atomic mass is 9.93. The largest absolute Gasteiger partial charge is 0.354 e. The average molecular weight is 318 g/mol. The number of hydrogen-bond donors (Lipinski definition) is 2. The highest BCUT2D eigenvalue weighted by molar-refractivity contribution is 5.78. The number of carbonyl (C=O) groups is 2. The molecular formula is C17H26N4O2. The van der Waals surface area contributed by atoms with Gasteiger partial charge in [-0.15, -0.1) is 0 Å². The van der Waals surface area contributed by atoms with Crippen LogP contribution in [0.25, 0.3) is 0 Å². The molecule has 23 heavy (non-hydrogen) atoms. The number of likely N-dealkylation sites (tertiary alicyclic amines) is 1. The van der Waals surface area contributed by atoms with Crippen LogP contribution in [0.4, 0.5) is 4.79 Å². The maximum absolute atomic E-state index is 12.1. The highest BCUT2D eigenvalue weighted by Crippen LogP contribution is 2.26. The minimum absolute atomic E-state index is 0.00965. The molecule has 1 aromatic heterocycles. The van der Waals surface area contributed by atoms with Crippen molar-refractivity contribution < 1.29 is 9.59 Å². The summed E-state index contributed by atoms with van der Waals surface area (Å²) in [7, 11) is 0. The Morgan fingerprint density at radius 2 is 1.91 bits per heavy atom. The molecule has 2 rings (SSSR count). The molecular weight excluding hydrogens is 292 g/mol. The lowest BCUT2D eigenvalue weighted by Crippen LogP contribution is -2.46. The van der Waals surface area contributed by atoms with Gasteiger partial charge in [-0.25, -0.2) is 4.79 Å². The summed E-state index contributed by atoms with van der Waals surface area (Å²) >= 11 is 0. The fraction of sp³-hybridized carbons (Fsp3) is 0.588. The summed E-state index contributed by atoms with van der Waals surface area (Å²) in [5, 5.41) is 5.65. The number of carbonyl (C=O) groups excluding carboxylic acids is 2. The zero-order valence-electron chi connectivity index (χ0n) is 13.9. The Labute approximate surface area is 137 Å². The van der Waals surface area contributed by atoms with Crippen LogP contribution in [0.15, 0.2) is 24.4 Å². The van der Waals surface area contributed by atoms with Crippen LogP contribution in [0.5, 0.6) is 0 Å². The number of aromatic nitrogens is 1. The van der Waals surface area contributed by atoms with Gasteiger partial charge in [-0.2, -0.15) is 0 Å². The van der Waals surface area contributed by atoms with E-state index in [1.807, 2.05) is 37.1 Å². The van der Waals surface area contributed by atoms with Crippen molar-refractivity contribution >= 4 is 11.9 Å². The quantitative estimate of drug-likeness (QED) is 0.812. The van der Waals surface area contributed by atoms with Gasteiger partial charge in [0.05, 0.1) is 0 Å². The molecule has 0 bridgehead atoms. The molecule has 2 N–H and O–H groups in total. The summed E-state index contributed by atoms with van der Waals surface area (Å²) in [6, 6.07) is 5.93. The van der Waals surface area contributed by atoms with E-state index in [0.717, 1.165) is 31.6 Å². The first-order valence-electron chi connectivity index (χ1n) is 8.29. The first-order valence-corrected chi connectivity index (χ1v) is 8.29. The van der Waals surface area contributed by atoms with Gasteiger partial charge in [-0.1, -0.05) is 19.9 Å². The number of piperidine rings is 1. The predicted molar refractivity (Wildman–Crippen MR) is 89.0 cm³/mol. The van der Waals surface area contributed by atoms with E-state index in [2.05, 4.69) is 21.7 Å². The molecule has 0 atom stereocenters. The van der Waals surface area contributed by atoms with Crippen LogP contribution >= 0.6 is 0 Å². The highest BCUT2D eigenvalue weighted by atomic mass is 16.2. The molecule has 1 aliphatic rings. The molecule has 0 saturated carbocycles. The predicted octanol–water partition coefficient (Wildman–Crippen LogP) is 1.74. The zero-order valence-corrected chi connectivity index (χ0v) is 13.9. The summed E-state index contributed by atoms with van der Waals surface area (Å²) < 4.78 is 0. The van der Waals surface area contributed by atoms with Gasteiger partial charge in [-0.05, 0) is 25.0 Å². The van der Waals surface area contributed by atoms with Crippen LogP contribution in [0, 0.1) is 5.92 Å². The van der Waals surface area contributed by atoms with E-state index in [9.17, 15) is 9.59 Å². The molecule has 0 spiro atoms. The van der Waals surface area contributed by atoms with Crippen molar-refractivity contribution in [1.82, 2.24) is 20.5 Å². The zero-order chi connectivity index (χ0) is 16.7. The third-order valence-corrected chi connectivity index (χ3v) is 4.11. The number of hydrogen-bond acceptors (Lipinski definition) is 3. The Balaban J connectivity index is 1.67. The molecule has 0 unspecified atom stereocenters. The third kappa shape index (κ3) is 5.23. The number of urea groups is 1. The van der Waals surface area contributed by atoms with E-state index >= 15 is 0 Å². The van der Waals surface area contributed by atoms with E-state index in [0.29, 0.717) is 19.0 Å². The van der Waals surface area contributed by atoms with Gasteiger partial charge >= 0.3 is 6.03 Å². The maximum atomic E-state index is 12.1. The maximum Gasteiger partial charge on any atom is 0.317 e. The fourth-order valence-corrected chi connectivity index (χ4v) is 2.67. The minimum Gasteiger partial charge on any atom is -0.354 e. The van der Waals surface area contributed by atoms with Crippen molar-refractivity contribution in [3.63, 3.8) is 0 Å². The second kappa shape index (κ2) is 8.50. The Hall–Kier alpha value is -2.11. The van der Waals surface area contributed by atoms with E-state index in [1.165, 1.54) is 0 Å². The smallest absolute Gasteiger partial charge is 0.317 e. The fourth-order valence-electron chi connectivity index (χ4n) is 2.67. The van der Waals surface area contributed by atoms with Crippen molar-refractivity contribution in [3.8, 4) is 0 Å². The lowest BCUT2D eigenvalue weighted by molar-refractivity contribution is -0.123. The van der Waals surface area contributed by atoms with Crippen molar-refractivity contribution in [1.29, 1.82) is 0 Å². The molecule has 0 aliphatic carbocycles. The Bertz CT molecular complexity index is 511. The van der Waals surface area contributed by atoms with Gasteiger partial charge in [0.25, 0.3) is 0 Å². The van der Waals surface area contributed by atoms with Gasteiger partial charge in [-0.3, -0.25) is 9.78 Å². The number of pyridine rings is 1. The van der Waals surface area contributed by atoms with Gasteiger partial charge in [0.15, 0.2) is 0 Å². The van der Waals surface area contributed by atoms with Gasteiger partial charge < -0.3 is 15.5 Å². The second-order valence-corrected chi connectivity index (χ2v) is 6.19. The van der Waals surface area contributed by atoms with E-state index in [1.54, 1.807) is 0 Å². The SMILES string of the molecule is CC(C)C(=O)NCCNC(=O)N1CCC(c2ccccn2)CC1. The Morgan fingerprint density at radius 3 is 2.52 bits per heavy atom. The summed E-state index contributed by atoms with van der Waals surface area (Å²) in [5.74, 6) is 0.414. The molecule has 3 amide bonds. The van der Waals surface area contributed by atoms with Crippen molar-refractivity contribution in [2.75, 3.05) is 26.2 Å². The number of nitrogens with zero attached hydrogens (tertiary/aromatic N) is 2. The average Bonchev–Trinajstić information content (AvgIpc) is 2.59. The first kappa shape index (κ1) is 17.2. The van der Waals surface area contributed by atoms with Crippen LogP contribution in [0.1, 0.15) is 38.3 Å². The van der Waals surface area contributed by atoms with Gasteiger partial charge in [0.2, 0.25) is 5.91 Å². The van der Waals surface area contributed by atoms with Crippen LogP contribution in [0.3, 0.4) is 0 Å². The molecule has 1 aliphatic heterocycles. The van der Waals surface area contributed by atoms with E-state index in [-0.39, 0.29) is 17.9 Å². The van der Waals surface area contributed by atoms with Gasteiger partial charge in [0, 0.05) is 49.9 Å². The summed E-state index contributed by atoms with van der Waals surface area (Å²) in [4.78, 5) is 29.8. The molecule has 0 aromatic carbocycles.